The van der Waals surface area contributed by atoms with Crippen LogP contribution in [0.3, 0.4) is 0 Å². The lowest BCUT2D eigenvalue weighted by Gasteiger charge is -2.26. The molecular formula is C38H26N2S. The molecule has 8 rings (SSSR count). The highest BCUT2D eigenvalue weighted by atomic mass is 32.1. The monoisotopic (exact) mass is 542 g/mol. The van der Waals surface area contributed by atoms with Gasteiger partial charge in [0, 0.05) is 48.6 Å². The van der Waals surface area contributed by atoms with Gasteiger partial charge in [-0.3, -0.25) is 0 Å². The van der Waals surface area contributed by atoms with Crippen molar-refractivity contribution < 1.29 is 0 Å². The van der Waals surface area contributed by atoms with E-state index in [1.54, 1.807) is 0 Å². The van der Waals surface area contributed by atoms with Crippen molar-refractivity contribution >= 4 is 81.5 Å². The Kier molecular flexibility index (Phi) is 5.68. The highest BCUT2D eigenvalue weighted by molar-refractivity contribution is 7.25. The fraction of sp³-hybridized carbons (Fsp3) is 0. The Morgan fingerprint density at radius 3 is 1.80 bits per heavy atom. The summed E-state index contributed by atoms with van der Waals surface area (Å²) in [5.74, 6) is 0. The van der Waals surface area contributed by atoms with Gasteiger partial charge in [-0.05, 0) is 88.3 Å². The third kappa shape index (κ3) is 4.37. The van der Waals surface area contributed by atoms with Crippen LogP contribution in [-0.2, 0) is 0 Å². The van der Waals surface area contributed by atoms with E-state index in [0.717, 1.165) is 28.4 Å². The summed E-state index contributed by atoms with van der Waals surface area (Å²) in [6, 6.07) is 54.4. The second-order valence-corrected chi connectivity index (χ2v) is 11.5. The maximum absolute atomic E-state index is 3.62. The van der Waals surface area contributed by atoms with Gasteiger partial charge in [0.1, 0.15) is 0 Å². The summed E-state index contributed by atoms with van der Waals surface area (Å²) in [5.41, 5.74) is 5.64. The minimum Gasteiger partial charge on any atom is -0.355 e. The number of hydrogen-bond acceptors (Lipinski definition) is 3. The van der Waals surface area contributed by atoms with Crippen molar-refractivity contribution in [2.75, 3.05) is 10.2 Å². The number of anilines is 5. The summed E-state index contributed by atoms with van der Waals surface area (Å²) in [6.07, 6.45) is 0. The molecule has 0 saturated carbocycles. The largest absolute Gasteiger partial charge is 0.355 e. The Hall–Kier alpha value is -5.12. The van der Waals surface area contributed by atoms with Crippen molar-refractivity contribution in [2.24, 2.45) is 0 Å². The Labute approximate surface area is 242 Å². The van der Waals surface area contributed by atoms with E-state index in [2.05, 4.69) is 162 Å². The van der Waals surface area contributed by atoms with E-state index in [-0.39, 0.29) is 0 Å². The van der Waals surface area contributed by atoms with Gasteiger partial charge in [-0.1, -0.05) is 84.9 Å². The predicted octanol–water partition coefficient (Wildman–Crippen LogP) is 11.6. The molecule has 1 N–H and O–H groups in total. The van der Waals surface area contributed by atoms with Crippen LogP contribution >= 0.6 is 11.3 Å². The van der Waals surface area contributed by atoms with E-state index >= 15 is 0 Å². The van der Waals surface area contributed by atoms with Gasteiger partial charge in [-0.15, -0.1) is 11.3 Å². The van der Waals surface area contributed by atoms with E-state index in [1.807, 2.05) is 11.3 Å². The highest BCUT2D eigenvalue weighted by Crippen LogP contribution is 2.42. The van der Waals surface area contributed by atoms with Gasteiger partial charge in [0.05, 0.1) is 0 Å². The highest BCUT2D eigenvalue weighted by Gasteiger charge is 2.15. The molecule has 194 valence electrons. The fourth-order valence-electron chi connectivity index (χ4n) is 5.76. The number of fused-ring (bicyclic) bond motifs is 5. The average molecular weight is 543 g/mol. The second kappa shape index (κ2) is 9.81. The topological polar surface area (TPSA) is 15.3 Å². The van der Waals surface area contributed by atoms with Gasteiger partial charge < -0.3 is 10.2 Å². The molecule has 0 aliphatic heterocycles. The number of rotatable bonds is 5. The minimum absolute atomic E-state index is 1.10. The van der Waals surface area contributed by atoms with Gasteiger partial charge in [-0.2, -0.15) is 0 Å². The summed E-state index contributed by atoms with van der Waals surface area (Å²) in [4.78, 5) is 2.35. The van der Waals surface area contributed by atoms with E-state index in [0.29, 0.717) is 0 Å². The van der Waals surface area contributed by atoms with Crippen molar-refractivity contribution in [1.82, 2.24) is 0 Å². The van der Waals surface area contributed by atoms with Gasteiger partial charge in [0.15, 0.2) is 0 Å². The molecule has 8 aromatic rings. The van der Waals surface area contributed by atoms with Crippen LogP contribution in [0, 0.1) is 0 Å². The number of nitrogens with zero attached hydrogens (tertiary/aromatic N) is 1. The second-order valence-electron chi connectivity index (χ2n) is 10.4. The Balaban J connectivity index is 1.20. The fourth-order valence-corrected chi connectivity index (χ4v) is 6.88. The molecule has 0 bridgehead atoms. The van der Waals surface area contributed by atoms with Crippen molar-refractivity contribution in [3.05, 3.63) is 152 Å². The molecule has 3 heteroatoms. The van der Waals surface area contributed by atoms with Crippen LogP contribution in [0.2, 0.25) is 0 Å². The average Bonchev–Trinajstić information content (AvgIpc) is 3.39. The molecule has 1 heterocycles. The first kappa shape index (κ1) is 23.7. The number of nitrogens with one attached hydrogen (secondary N) is 1. The van der Waals surface area contributed by atoms with Crippen molar-refractivity contribution in [2.45, 2.75) is 0 Å². The standard InChI is InChI=1S/C38H26N2S/c1-2-12-32(13-3-1)40(33-18-15-27-9-5-7-11-29(27)23-33)34-19-21-37-36(25-34)35-20-17-31(24-38(35)41-37)39-30-16-14-26-8-4-6-10-28(26)22-30/h1-25,39H. The number of para-hydroxylation sites is 1. The molecular weight excluding hydrogens is 516 g/mol. The normalized spacial score (nSPS) is 11.4. The quantitative estimate of drug-likeness (QED) is 0.233. The van der Waals surface area contributed by atoms with E-state index in [1.165, 1.54) is 41.7 Å². The van der Waals surface area contributed by atoms with Crippen LogP contribution < -0.4 is 10.2 Å². The van der Waals surface area contributed by atoms with Crippen molar-refractivity contribution in [1.29, 1.82) is 0 Å². The third-order valence-corrected chi connectivity index (χ3v) is 8.89. The Morgan fingerprint density at radius 2 is 1.00 bits per heavy atom. The van der Waals surface area contributed by atoms with Crippen LogP contribution in [0.4, 0.5) is 28.4 Å². The molecule has 0 aliphatic rings. The smallest absolute Gasteiger partial charge is 0.0468 e. The molecule has 0 radical (unpaired) electrons. The van der Waals surface area contributed by atoms with Gasteiger partial charge >= 0.3 is 0 Å². The molecule has 41 heavy (non-hydrogen) atoms. The zero-order chi connectivity index (χ0) is 27.2. The summed E-state index contributed by atoms with van der Waals surface area (Å²) in [7, 11) is 0. The first-order valence-corrected chi connectivity index (χ1v) is 14.7. The van der Waals surface area contributed by atoms with E-state index in [9.17, 15) is 0 Å². The minimum atomic E-state index is 1.10. The Morgan fingerprint density at radius 1 is 0.390 bits per heavy atom. The van der Waals surface area contributed by atoms with Crippen molar-refractivity contribution in [3.8, 4) is 0 Å². The van der Waals surface area contributed by atoms with E-state index in [4.69, 9.17) is 0 Å². The Bertz CT molecular complexity index is 2200. The van der Waals surface area contributed by atoms with Gasteiger partial charge in [0.2, 0.25) is 0 Å². The number of benzene rings is 7. The van der Waals surface area contributed by atoms with Gasteiger partial charge in [0.25, 0.3) is 0 Å². The van der Waals surface area contributed by atoms with Crippen LogP contribution in [0.5, 0.6) is 0 Å². The van der Waals surface area contributed by atoms with Crippen LogP contribution in [0.1, 0.15) is 0 Å². The maximum atomic E-state index is 3.62. The summed E-state index contributed by atoms with van der Waals surface area (Å²) >= 11 is 1.84. The number of thiophene rings is 1. The van der Waals surface area contributed by atoms with E-state index < -0.39 is 0 Å². The lowest BCUT2D eigenvalue weighted by atomic mass is 10.1. The first-order valence-electron chi connectivity index (χ1n) is 13.8. The molecule has 0 spiro atoms. The van der Waals surface area contributed by atoms with Crippen LogP contribution in [0.15, 0.2) is 152 Å². The van der Waals surface area contributed by atoms with Crippen molar-refractivity contribution in [3.63, 3.8) is 0 Å². The van der Waals surface area contributed by atoms with Gasteiger partial charge in [-0.25, -0.2) is 0 Å². The van der Waals surface area contributed by atoms with Crippen LogP contribution in [-0.4, -0.2) is 0 Å². The SMILES string of the molecule is c1ccc(N(c2ccc3ccccc3c2)c2ccc3sc4cc(Nc5ccc6ccccc6c5)ccc4c3c2)cc1. The maximum Gasteiger partial charge on any atom is 0.0468 e. The van der Waals surface area contributed by atoms with Crippen LogP contribution in [0.25, 0.3) is 41.7 Å². The molecule has 1 aromatic heterocycles. The lowest BCUT2D eigenvalue weighted by Crippen LogP contribution is -2.09. The molecule has 0 amide bonds. The molecule has 7 aromatic carbocycles. The lowest BCUT2D eigenvalue weighted by molar-refractivity contribution is 1.30. The first-order chi connectivity index (χ1) is 20.3. The predicted molar refractivity (Wildman–Crippen MR) is 179 cm³/mol. The molecule has 0 atom stereocenters. The summed E-state index contributed by atoms with van der Waals surface area (Å²) in [5, 5.41) is 11.1. The summed E-state index contributed by atoms with van der Waals surface area (Å²) < 4.78 is 2.57. The third-order valence-electron chi connectivity index (χ3n) is 7.76. The molecule has 2 nitrogen and oxygen atoms in total. The summed E-state index contributed by atoms with van der Waals surface area (Å²) in [6.45, 7) is 0. The molecule has 0 fully saturated rings. The zero-order valence-electron chi connectivity index (χ0n) is 22.3. The molecule has 0 saturated heterocycles. The number of hydrogen-bond donors (Lipinski definition) is 1. The molecule has 0 unspecified atom stereocenters. The molecule has 0 aliphatic carbocycles. The zero-order valence-corrected chi connectivity index (χ0v) is 23.1.